The lowest BCUT2D eigenvalue weighted by Gasteiger charge is -2.29. The molecule has 0 bridgehead atoms. The van der Waals surface area contributed by atoms with Crippen molar-refractivity contribution in [2.24, 2.45) is 0 Å². The Kier molecular flexibility index (Phi) is 3.83. The Morgan fingerprint density at radius 1 is 1.00 bits per heavy atom. The van der Waals surface area contributed by atoms with Gasteiger partial charge in [0.1, 0.15) is 0 Å². The SMILES string of the molecule is Cc1cccc(CNC2(CO)Cc3ccccc3C2)c1C. The fourth-order valence-electron chi connectivity index (χ4n) is 3.27. The van der Waals surface area contributed by atoms with Gasteiger partial charge in [-0.15, -0.1) is 0 Å². The quantitative estimate of drug-likeness (QED) is 0.903. The summed E-state index contributed by atoms with van der Waals surface area (Å²) in [5.74, 6) is 0. The van der Waals surface area contributed by atoms with Crippen molar-refractivity contribution in [2.45, 2.75) is 38.8 Å². The van der Waals surface area contributed by atoms with Crippen LogP contribution in [0.2, 0.25) is 0 Å². The molecule has 2 nitrogen and oxygen atoms in total. The van der Waals surface area contributed by atoms with Crippen molar-refractivity contribution in [1.29, 1.82) is 0 Å². The highest BCUT2D eigenvalue weighted by atomic mass is 16.3. The van der Waals surface area contributed by atoms with Crippen LogP contribution in [0.15, 0.2) is 42.5 Å². The Morgan fingerprint density at radius 3 is 2.29 bits per heavy atom. The van der Waals surface area contributed by atoms with Crippen molar-refractivity contribution in [3.05, 3.63) is 70.3 Å². The standard InChI is InChI=1S/C19H23NO/c1-14-6-5-9-18(15(14)2)12-20-19(13-21)10-16-7-3-4-8-17(16)11-19/h3-9,20-21H,10-13H2,1-2H3. The maximum absolute atomic E-state index is 9.93. The third-order valence-electron chi connectivity index (χ3n) is 4.85. The number of benzene rings is 2. The molecule has 2 aromatic carbocycles. The van der Waals surface area contributed by atoms with E-state index in [0.717, 1.165) is 19.4 Å². The topological polar surface area (TPSA) is 32.3 Å². The van der Waals surface area contributed by atoms with Crippen LogP contribution in [0.1, 0.15) is 27.8 Å². The van der Waals surface area contributed by atoms with E-state index in [9.17, 15) is 5.11 Å². The van der Waals surface area contributed by atoms with Crippen LogP contribution in [0.5, 0.6) is 0 Å². The van der Waals surface area contributed by atoms with Crippen molar-refractivity contribution in [1.82, 2.24) is 5.32 Å². The van der Waals surface area contributed by atoms with E-state index in [-0.39, 0.29) is 12.1 Å². The zero-order valence-corrected chi connectivity index (χ0v) is 12.8. The second kappa shape index (κ2) is 5.63. The molecule has 0 spiro atoms. The second-order valence-corrected chi connectivity index (χ2v) is 6.27. The molecule has 2 N–H and O–H groups in total. The first-order valence-electron chi connectivity index (χ1n) is 7.61. The van der Waals surface area contributed by atoms with Gasteiger partial charge in [-0.3, -0.25) is 0 Å². The summed E-state index contributed by atoms with van der Waals surface area (Å²) in [7, 11) is 0. The zero-order valence-electron chi connectivity index (χ0n) is 12.8. The van der Waals surface area contributed by atoms with Gasteiger partial charge in [0.15, 0.2) is 0 Å². The Balaban J connectivity index is 1.76. The third kappa shape index (κ3) is 2.74. The maximum Gasteiger partial charge on any atom is 0.0619 e. The van der Waals surface area contributed by atoms with Gasteiger partial charge < -0.3 is 10.4 Å². The number of nitrogens with one attached hydrogen (secondary N) is 1. The normalized spacial score (nSPS) is 16.0. The molecular weight excluding hydrogens is 258 g/mol. The number of aryl methyl sites for hydroxylation is 1. The van der Waals surface area contributed by atoms with E-state index in [1.165, 1.54) is 27.8 Å². The van der Waals surface area contributed by atoms with E-state index in [2.05, 4.69) is 61.6 Å². The lowest BCUT2D eigenvalue weighted by molar-refractivity contribution is 0.166. The minimum absolute atomic E-state index is 0.173. The molecule has 21 heavy (non-hydrogen) atoms. The summed E-state index contributed by atoms with van der Waals surface area (Å²) >= 11 is 0. The second-order valence-electron chi connectivity index (χ2n) is 6.27. The van der Waals surface area contributed by atoms with Crippen LogP contribution >= 0.6 is 0 Å². The number of hydrogen-bond acceptors (Lipinski definition) is 2. The van der Waals surface area contributed by atoms with Crippen LogP contribution in [0, 0.1) is 13.8 Å². The summed E-state index contributed by atoms with van der Waals surface area (Å²) in [5, 5.41) is 13.6. The summed E-state index contributed by atoms with van der Waals surface area (Å²) in [6, 6.07) is 14.9. The summed E-state index contributed by atoms with van der Waals surface area (Å²) in [6.07, 6.45) is 1.81. The predicted molar refractivity (Wildman–Crippen MR) is 86.4 cm³/mol. The van der Waals surface area contributed by atoms with Gasteiger partial charge in [0.25, 0.3) is 0 Å². The van der Waals surface area contributed by atoms with Crippen molar-refractivity contribution in [3.63, 3.8) is 0 Å². The molecule has 2 heteroatoms. The maximum atomic E-state index is 9.93. The fourth-order valence-corrected chi connectivity index (χ4v) is 3.27. The van der Waals surface area contributed by atoms with E-state index < -0.39 is 0 Å². The molecular formula is C19H23NO. The monoisotopic (exact) mass is 281 g/mol. The molecule has 0 aliphatic heterocycles. The largest absolute Gasteiger partial charge is 0.394 e. The minimum Gasteiger partial charge on any atom is -0.394 e. The van der Waals surface area contributed by atoms with Gasteiger partial charge in [0.2, 0.25) is 0 Å². The van der Waals surface area contributed by atoms with E-state index in [1.807, 2.05) is 0 Å². The minimum atomic E-state index is -0.208. The van der Waals surface area contributed by atoms with Crippen molar-refractivity contribution >= 4 is 0 Å². The Hall–Kier alpha value is -1.64. The average molecular weight is 281 g/mol. The molecule has 0 amide bonds. The number of fused-ring (bicyclic) bond motifs is 1. The average Bonchev–Trinajstić information content (AvgIpc) is 2.88. The number of aliphatic hydroxyl groups is 1. The molecule has 0 atom stereocenters. The lowest BCUT2D eigenvalue weighted by atomic mass is 9.95. The van der Waals surface area contributed by atoms with Crippen LogP contribution in [-0.2, 0) is 19.4 Å². The Labute approximate surface area is 126 Å². The molecule has 0 radical (unpaired) electrons. The van der Waals surface area contributed by atoms with Gasteiger partial charge >= 0.3 is 0 Å². The van der Waals surface area contributed by atoms with Crippen molar-refractivity contribution in [3.8, 4) is 0 Å². The molecule has 0 unspecified atom stereocenters. The number of rotatable bonds is 4. The Bertz CT molecular complexity index is 623. The molecule has 2 aromatic rings. The fraction of sp³-hybridized carbons (Fsp3) is 0.368. The summed E-state index contributed by atoms with van der Waals surface area (Å²) in [4.78, 5) is 0. The molecule has 0 fully saturated rings. The first kappa shape index (κ1) is 14.3. The Morgan fingerprint density at radius 2 is 1.67 bits per heavy atom. The van der Waals surface area contributed by atoms with Crippen molar-refractivity contribution in [2.75, 3.05) is 6.61 Å². The molecule has 0 aromatic heterocycles. The van der Waals surface area contributed by atoms with Crippen molar-refractivity contribution < 1.29 is 5.11 Å². The van der Waals surface area contributed by atoms with Gasteiger partial charge in [0, 0.05) is 12.1 Å². The number of aliphatic hydroxyl groups excluding tert-OH is 1. The highest BCUT2D eigenvalue weighted by Gasteiger charge is 2.36. The van der Waals surface area contributed by atoms with Crippen LogP contribution in [0.4, 0.5) is 0 Å². The molecule has 1 aliphatic rings. The molecule has 0 saturated heterocycles. The van der Waals surface area contributed by atoms with Crippen LogP contribution in [0.25, 0.3) is 0 Å². The summed E-state index contributed by atoms with van der Waals surface area (Å²) < 4.78 is 0. The van der Waals surface area contributed by atoms with Gasteiger partial charge in [-0.1, -0.05) is 42.5 Å². The molecule has 110 valence electrons. The van der Waals surface area contributed by atoms with Crippen LogP contribution < -0.4 is 5.32 Å². The van der Waals surface area contributed by atoms with Crippen LogP contribution in [0.3, 0.4) is 0 Å². The third-order valence-corrected chi connectivity index (χ3v) is 4.85. The molecule has 0 heterocycles. The van der Waals surface area contributed by atoms with Gasteiger partial charge in [-0.2, -0.15) is 0 Å². The van der Waals surface area contributed by atoms with Gasteiger partial charge in [-0.25, -0.2) is 0 Å². The lowest BCUT2D eigenvalue weighted by Crippen LogP contribution is -2.49. The molecule has 1 aliphatic carbocycles. The first-order valence-corrected chi connectivity index (χ1v) is 7.61. The molecule has 3 rings (SSSR count). The smallest absolute Gasteiger partial charge is 0.0619 e. The van der Waals surface area contributed by atoms with Gasteiger partial charge in [-0.05, 0) is 54.5 Å². The first-order chi connectivity index (χ1) is 10.1. The highest BCUT2D eigenvalue weighted by Crippen LogP contribution is 2.30. The molecule has 0 saturated carbocycles. The van der Waals surface area contributed by atoms with E-state index in [4.69, 9.17) is 0 Å². The zero-order chi connectivity index (χ0) is 14.9. The summed E-state index contributed by atoms with van der Waals surface area (Å²) in [5.41, 5.74) is 6.49. The highest BCUT2D eigenvalue weighted by molar-refractivity contribution is 5.37. The summed E-state index contributed by atoms with van der Waals surface area (Å²) in [6.45, 7) is 5.29. The van der Waals surface area contributed by atoms with Crippen LogP contribution in [-0.4, -0.2) is 17.3 Å². The van der Waals surface area contributed by atoms with E-state index in [1.54, 1.807) is 0 Å². The van der Waals surface area contributed by atoms with Gasteiger partial charge in [0.05, 0.1) is 6.61 Å². The predicted octanol–water partition coefficient (Wildman–Crippen LogP) is 2.92. The number of hydrogen-bond donors (Lipinski definition) is 2. The van der Waals surface area contributed by atoms with E-state index in [0.29, 0.717) is 0 Å². The van der Waals surface area contributed by atoms with E-state index >= 15 is 0 Å².